The summed E-state index contributed by atoms with van der Waals surface area (Å²) >= 11 is 0. The van der Waals surface area contributed by atoms with Crippen molar-refractivity contribution in [3.05, 3.63) is 89.5 Å². The van der Waals surface area contributed by atoms with Crippen LogP contribution < -0.4 is 20.3 Å². The lowest BCUT2D eigenvalue weighted by molar-refractivity contribution is -0.122. The second kappa shape index (κ2) is 10.9. The number of benzene rings is 3. The van der Waals surface area contributed by atoms with Gasteiger partial charge in [0.15, 0.2) is 0 Å². The minimum Gasteiger partial charge on any atom is -0.497 e. The quantitative estimate of drug-likeness (QED) is 0.516. The van der Waals surface area contributed by atoms with Crippen molar-refractivity contribution >= 4 is 29.1 Å². The van der Waals surface area contributed by atoms with Crippen molar-refractivity contribution in [2.24, 2.45) is 5.92 Å². The number of hydrogen-bond donors (Lipinski definition) is 2. The molecule has 35 heavy (non-hydrogen) atoms. The molecule has 3 aromatic rings. The molecule has 2 N–H and O–H groups in total. The molecule has 0 aromatic heterocycles. The van der Waals surface area contributed by atoms with Crippen LogP contribution >= 0.6 is 0 Å². The van der Waals surface area contributed by atoms with Crippen LogP contribution in [0.4, 0.5) is 11.4 Å². The molecule has 0 aliphatic carbocycles. The minimum absolute atomic E-state index is 0.0845. The first-order valence-corrected chi connectivity index (χ1v) is 11.7. The van der Waals surface area contributed by atoms with E-state index in [1.165, 1.54) is 5.56 Å². The van der Waals surface area contributed by atoms with Gasteiger partial charge in [0.1, 0.15) is 5.75 Å². The molecule has 3 aromatic carbocycles. The summed E-state index contributed by atoms with van der Waals surface area (Å²) < 4.78 is 5.22. The molecule has 1 heterocycles. The van der Waals surface area contributed by atoms with Gasteiger partial charge in [-0.2, -0.15) is 0 Å². The molecular weight excluding hydrogens is 442 g/mol. The van der Waals surface area contributed by atoms with E-state index in [4.69, 9.17) is 4.74 Å². The third-order valence-corrected chi connectivity index (χ3v) is 6.17. The van der Waals surface area contributed by atoms with Crippen LogP contribution in [0, 0.1) is 5.92 Å². The number of anilines is 2. The molecular formula is C28H29N3O4. The van der Waals surface area contributed by atoms with Crippen LogP contribution in [0.25, 0.3) is 0 Å². The number of para-hydroxylation sites is 1. The Labute approximate surface area is 205 Å². The molecule has 7 nitrogen and oxygen atoms in total. The maximum Gasteiger partial charge on any atom is 0.253 e. The monoisotopic (exact) mass is 471 g/mol. The molecule has 3 amide bonds. The molecule has 0 bridgehead atoms. The predicted molar refractivity (Wildman–Crippen MR) is 136 cm³/mol. The Balaban J connectivity index is 1.40. The largest absolute Gasteiger partial charge is 0.497 e. The maximum atomic E-state index is 13.0. The summed E-state index contributed by atoms with van der Waals surface area (Å²) in [5.41, 5.74) is 3.66. The zero-order valence-corrected chi connectivity index (χ0v) is 19.9. The van der Waals surface area contributed by atoms with Crippen molar-refractivity contribution in [3.63, 3.8) is 0 Å². The van der Waals surface area contributed by atoms with Gasteiger partial charge >= 0.3 is 0 Å². The first-order valence-electron chi connectivity index (χ1n) is 11.7. The third kappa shape index (κ3) is 5.69. The van der Waals surface area contributed by atoms with E-state index in [0.29, 0.717) is 30.1 Å². The fourth-order valence-corrected chi connectivity index (χ4v) is 4.13. The molecule has 1 saturated heterocycles. The normalized spacial score (nSPS) is 15.1. The summed E-state index contributed by atoms with van der Waals surface area (Å²) in [5.74, 6) is -0.450. The zero-order chi connectivity index (χ0) is 24.8. The van der Waals surface area contributed by atoms with E-state index in [0.717, 1.165) is 17.7 Å². The van der Waals surface area contributed by atoms with Crippen LogP contribution in [0.5, 0.6) is 5.75 Å². The lowest BCUT2D eigenvalue weighted by atomic mass is 10.1. The summed E-state index contributed by atoms with van der Waals surface area (Å²) in [6, 6.07) is 22.1. The van der Waals surface area contributed by atoms with E-state index >= 15 is 0 Å². The minimum atomic E-state index is -0.499. The summed E-state index contributed by atoms with van der Waals surface area (Å²) in [7, 11) is 1.59. The summed E-state index contributed by atoms with van der Waals surface area (Å²) in [6.07, 6.45) is 1.05. The number of nitrogens with one attached hydrogen (secondary N) is 2. The molecule has 1 aliphatic heterocycles. The SMILES string of the molecule is CCc1ccc(N2C[C@H](C(=O)Nc3ccccc3C(=O)NCc3cccc(OC)c3)CC2=O)cc1. The summed E-state index contributed by atoms with van der Waals surface area (Å²) in [5, 5.41) is 5.75. The van der Waals surface area contributed by atoms with Crippen LogP contribution in [0.3, 0.4) is 0 Å². The van der Waals surface area contributed by atoms with Crippen molar-refractivity contribution in [1.29, 1.82) is 0 Å². The standard InChI is InChI=1S/C28H29N3O4/c1-3-19-11-13-22(14-12-19)31-18-21(16-26(31)32)27(33)30-25-10-5-4-9-24(25)28(34)29-17-20-7-6-8-23(15-20)35-2/h4-15,21H,3,16-18H2,1-2H3,(H,29,34)(H,30,33)/t21-/m1/s1. The highest BCUT2D eigenvalue weighted by atomic mass is 16.5. The number of methoxy groups -OCH3 is 1. The van der Waals surface area contributed by atoms with Gasteiger partial charge in [-0.3, -0.25) is 14.4 Å². The van der Waals surface area contributed by atoms with Crippen molar-refractivity contribution in [2.75, 3.05) is 23.9 Å². The number of amides is 3. The lowest BCUT2D eigenvalue weighted by Gasteiger charge is -2.17. The Kier molecular flexibility index (Phi) is 7.45. The van der Waals surface area contributed by atoms with E-state index in [-0.39, 0.29) is 24.1 Å². The van der Waals surface area contributed by atoms with Crippen LogP contribution in [0.1, 0.15) is 34.8 Å². The van der Waals surface area contributed by atoms with Gasteiger partial charge in [-0.25, -0.2) is 0 Å². The van der Waals surface area contributed by atoms with Gasteiger partial charge in [-0.05, 0) is 53.9 Å². The molecule has 0 saturated carbocycles. The van der Waals surface area contributed by atoms with E-state index < -0.39 is 5.92 Å². The average molecular weight is 472 g/mol. The Morgan fingerprint density at radius 3 is 2.51 bits per heavy atom. The molecule has 1 fully saturated rings. The van der Waals surface area contributed by atoms with E-state index in [9.17, 15) is 14.4 Å². The van der Waals surface area contributed by atoms with Crippen molar-refractivity contribution in [3.8, 4) is 5.75 Å². The van der Waals surface area contributed by atoms with Crippen molar-refractivity contribution in [2.45, 2.75) is 26.3 Å². The third-order valence-electron chi connectivity index (χ3n) is 6.17. The van der Waals surface area contributed by atoms with E-state index in [2.05, 4.69) is 17.6 Å². The molecule has 7 heteroatoms. The Hall–Kier alpha value is -4.13. The Morgan fingerprint density at radius 2 is 1.77 bits per heavy atom. The van der Waals surface area contributed by atoms with Gasteiger partial charge in [0, 0.05) is 25.2 Å². The van der Waals surface area contributed by atoms with E-state index in [1.54, 1.807) is 36.3 Å². The summed E-state index contributed by atoms with van der Waals surface area (Å²) in [6.45, 7) is 2.70. The lowest BCUT2D eigenvalue weighted by Crippen LogP contribution is -2.29. The zero-order valence-electron chi connectivity index (χ0n) is 19.9. The first-order chi connectivity index (χ1) is 17.0. The number of carbonyl (C=O) groups excluding carboxylic acids is 3. The van der Waals surface area contributed by atoms with Crippen molar-refractivity contribution in [1.82, 2.24) is 5.32 Å². The van der Waals surface area contributed by atoms with Crippen LogP contribution in [-0.4, -0.2) is 31.4 Å². The summed E-state index contributed by atoms with van der Waals surface area (Å²) in [4.78, 5) is 40.2. The molecule has 0 spiro atoms. The highest BCUT2D eigenvalue weighted by Crippen LogP contribution is 2.27. The number of carbonyl (C=O) groups is 3. The van der Waals surface area contributed by atoms with Gasteiger partial charge in [0.2, 0.25) is 11.8 Å². The van der Waals surface area contributed by atoms with Gasteiger partial charge in [0.05, 0.1) is 24.3 Å². The molecule has 0 radical (unpaired) electrons. The molecule has 180 valence electrons. The first kappa shape index (κ1) is 24.0. The molecule has 1 atom stereocenters. The van der Waals surface area contributed by atoms with Crippen LogP contribution in [0.2, 0.25) is 0 Å². The number of nitrogens with zero attached hydrogens (tertiary/aromatic N) is 1. The second-order valence-electron chi connectivity index (χ2n) is 8.49. The van der Waals surface area contributed by atoms with Crippen LogP contribution in [-0.2, 0) is 22.6 Å². The molecule has 4 rings (SSSR count). The Morgan fingerprint density at radius 1 is 1.00 bits per heavy atom. The number of ether oxygens (including phenoxy) is 1. The van der Waals surface area contributed by atoms with Crippen LogP contribution in [0.15, 0.2) is 72.8 Å². The molecule has 1 aliphatic rings. The maximum absolute atomic E-state index is 13.0. The average Bonchev–Trinajstić information content (AvgIpc) is 3.29. The number of hydrogen-bond acceptors (Lipinski definition) is 4. The number of rotatable bonds is 8. The van der Waals surface area contributed by atoms with Gasteiger partial charge < -0.3 is 20.3 Å². The highest BCUT2D eigenvalue weighted by Gasteiger charge is 2.35. The molecule has 0 unspecified atom stereocenters. The fourth-order valence-electron chi connectivity index (χ4n) is 4.13. The smallest absolute Gasteiger partial charge is 0.253 e. The fraction of sp³-hybridized carbons (Fsp3) is 0.250. The van der Waals surface area contributed by atoms with Crippen molar-refractivity contribution < 1.29 is 19.1 Å². The highest BCUT2D eigenvalue weighted by molar-refractivity contribution is 6.07. The van der Waals surface area contributed by atoms with Gasteiger partial charge in [-0.1, -0.05) is 43.3 Å². The number of aryl methyl sites for hydroxylation is 1. The predicted octanol–water partition coefficient (Wildman–Crippen LogP) is 4.18. The van der Waals surface area contributed by atoms with Gasteiger partial charge in [-0.15, -0.1) is 0 Å². The topological polar surface area (TPSA) is 87.7 Å². The Bertz CT molecular complexity index is 1220. The second-order valence-corrected chi connectivity index (χ2v) is 8.49. The van der Waals surface area contributed by atoms with E-state index in [1.807, 2.05) is 48.5 Å². The van der Waals surface area contributed by atoms with Gasteiger partial charge in [0.25, 0.3) is 5.91 Å².